The third-order valence-electron chi connectivity index (χ3n) is 1.52. The molecule has 0 aliphatic heterocycles. The van der Waals surface area contributed by atoms with Crippen LogP contribution in [0.15, 0.2) is 12.7 Å². The van der Waals surface area contributed by atoms with Gasteiger partial charge in [-0.1, -0.05) is 6.08 Å². The van der Waals surface area contributed by atoms with Gasteiger partial charge in [0.25, 0.3) is 0 Å². The Labute approximate surface area is 63.9 Å². The van der Waals surface area contributed by atoms with Crippen LogP contribution in [0.4, 0.5) is 0 Å². The summed E-state index contributed by atoms with van der Waals surface area (Å²) in [6.07, 6.45) is 1.92. The van der Waals surface area contributed by atoms with Crippen LogP contribution in [0.3, 0.4) is 0 Å². The van der Waals surface area contributed by atoms with Crippen molar-refractivity contribution in [1.29, 1.82) is 0 Å². The molecule has 0 rings (SSSR count). The standard InChI is InChI=1S/C8H18N2/c1-5-6-10(4)7-8(2)9-3/h5,8-9H,1,6-7H2,2-4H3. The van der Waals surface area contributed by atoms with E-state index >= 15 is 0 Å². The summed E-state index contributed by atoms with van der Waals surface area (Å²) in [4.78, 5) is 2.23. The fourth-order valence-electron chi connectivity index (χ4n) is 0.854. The van der Waals surface area contributed by atoms with Crippen molar-refractivity contribution in [3.8, 4) is 0 Å². The minimum absolute atomic E-state index is 0.560. The maximum Gasteiger partial charge on any atom is 0.0163 e. The molecular formula is C8H18N2. The summed E-state index contributed by atoms with van der Waals surface area (Å²) in [7, 11) is 4.07. The lowest BCUT2D eigenvalue weighted by Gasteiger charge is -2.18. The first-order chi connectivity index (χ1) is 4.70. The summed E-state index contributed by atoms with van der Waals surface area (Å²) < 4.78 is 0. The van der Waals surface area contributed by atoms with Crippen molar-refractivity contribution in [3.63, 3.8) is 0 Å². The monoisotopic (exact) mass is 142 g/mol. The lowest BCUT2D eigenvalue weighted by atomic mass is 10.3. The molecule has 0 aliphatic rings. The third kappa shape index (κ3) is 4.53. The first-order valence-electron chi connectivity index (χ1n) is 3.67. The molecule has 10 heavy (non-hydrogen) atoms. The number of hydrogen-bond acceptors (Lipinski definition) is 2. The van der Waals surface area contributed by atoms with Gasteiger partial charge in [0.05, 0.1) is 0 Å². The van der Waals surface area contributed by atoms with Gasteiger partial charge in [-0.3, -0.25) is 0 Å². The second kappa shape index (κ2) is 5.45. The number of nitrogens with one attached hydrogen (secondary N) is 1. The maximum atomic E-state index is 3.67. The first kappa shape index (κ1) is 9.66. The van der Waals surface area contributed by atoms with Crippen LogP contribution in [0.25, 0.3) is 0 Å². The highest BCUT2D eigenvalue weighted by atomic mass is 15.1. The molecule has 0 fully saturated rings. The fraction of sp³-hybridized carbons (Fsp3) is 0.750. The highest BCUT2D eigenvalue weighted by Gasteiger charge is 2.00. The van der Waals surface area contributed by atoms with Crippen molar-refractivity contribution < 1.29 is 0 Å². The highest BCUT2D eigenvalue weighted by molar-refractivity contribution is 4.73. The molecule has 0 amide bonds. The van der Waals surface area contributed by atoms with Gasteiger partial charge in [-0.25, -0.2) is 0 Å². The smallest absolute Gasteiger partial charge is 0.0163 e. The van der Waals surface area contributed by atoms with E-state index in [1.54, 1.807) is 0 Å². The molecule has 0 aliphatic carbocycles. The molecule has 1 N–H and O–H groups in total. The molecule has 0 saturated heterocycles. The number of hydrogen-bond donors (Lipinski definition) is 1. The Morgan fingerprint density at radius 2 is 2.30 bits per heavy atom. The zero-order chi connectivity index (χ0) is 7.98. The van der Waals surface area contributed by atoms with Crippen LogP contribution < -0.4 is 5.32 Å². The molecule has 0 aromatic rings. The molecule has 2 nitrogen and oxygen atoms in total. The van der Waals surface area contributed by atoms with Crippen molar-refractivity contribution in [2.24, 2.45) is 0 Å². The molecule has 1 unspecified atom stereocenters. The van der Waals surface area contributed by atoms with Gasteiger partial charge in [0.15, 0.2) is 0 Å². The topological polar surface area (TPSA) is 15.3 Å². The Hall–Kier alpha value is -0.340. The van der Waals surface area contributed by atoms with E-state index in [-0.39, 0.29) is 0 Å². The average Bonchev–Trinajstić information content (AvgIpc) is 1.88. The highest BCUT2D eigenvalue weighted by Crippen LogP contribution is 1.86. The van der Waals surface area contributed by atoms with Crippen LogP contribution in [-0.2, 0) is 0 Å². The minimum atomic E-state index is 0.560. The Balaban J connectivity index is 3.35. The third-order valence-corrected chi connectivity index (χ3v) is 1.52. The number of likely N-dealkylation sites (N-methyl/N-ethyl adjacent to an activating group) is 2. The Bertz CT molecular complexity index is 91.3. The molecule has 1 atom stereocenters. The van der Waals surface area contributed by atoms with Crippen LogP contribution in [0, 0.1) is 0 Å². The largest absolute Gasteiger partial charge is 0.316 e. The fourth-order valence-corrected chi connectivity index (χ4v) is 0.854. The normalized spacial score (nSPS) is 13.6. The van der Waals surface area contributed by atoms with E-state index < -0.39 is 0 Å². The molecule has 60 valence electrons. The summed E-state index contributed by atoms with van der Waals surface area (Å²) in [5, 5.41) is 3.18. The molecule has 0 bridgehead atoms. The molecule has 0 aromatic heterocycles. The van der Waals surface area contributed by atoms with E-state index in [0.717, 1.165) is 13.1 Å². The van der Waals surface area contributed by atoms with Crippen molar-refractivity contribution in [3.05, 3.63) is 12.7 Å². The summed E-state index contributed by atoms with van der Waals surface area (Å²) in [6.45, 7) is 7.87. The zero-order valence-corrected chi connectivity index (χ0v) is 7.22. The lowest BCUT2D eigenvalue weighted by molar-refractivity contribution is 0.331. The van der Waals surface area contributed by atoms with Gasteiger partial charge in [-0.2, -0.15) is 0 Å². The summed E-state index contributed by atoms with van der Waals surface area (Å²) >= 11 is 0. The van der Waals surface area contributed by atoms with E-state index in [1.165, 1.54) is 0 Å². The van der Waals surface area contributed by atoms with E-state index in [4.69, 9.17) is 0 Å². The SMILES string of the molecule is C=CCN(C)CC(C)NC. The molecule has 0 spiro atoms. The molecule has 0 radical (unpaired) electrons. The number of nitrogens with zero attached hydrogens (tertiary/aromatic N) is 1. The molecule has 0 aromatic carbocycles. The van der Waals surface area contributed by atoms with Crippen LogP contribution in [0.1, 0.15) is 6.92 Å². The maximum absolute atomic E-state index is 3.67. The Morgan fingerprint density at radius 3 is 2.70 bits per heavy atom. The van der Waals surface area contributed by atoms with Crippen molar-refractivity contribution in [2.75, 3.05) is 27.2 Å². The molecule has 0 saturated carbocycles. The van der Waals surface area contributed by atoms with Gasteiger partial charge in [0.1, 0.15) is 0 Å². The Morgan fingerprint density at radius 1 is 1.70 bits per heavy atom. The second-order valence-electron chi connectivity index (χ2n) is 2.70. The van der Waals surface area contributed by atoms with E-state index in [9.17, 15) is 0 Å². The van der Waals surface area contributed by atoms with Crippen molar-refractivity contribution >= 4 is 0 Å². The van der Waals surface area contributed by atoms with Crippen LogP contribution in [0.5, 0.6) is 0 Å². The predicted molar refractivity (Wildman–Crippen MR) is 46.2 cm³/mol. The summed E-state index contributed by atoms with van der Waals surface area (Å²) in [6, 6.07) is 0.560. The van der Waals surface area contributed by atoms with Gasteiger partial charge in [0.2, 0.25) is 0 Å². The van der Waals surface area contributed by atoms with Gasteiger partial charge in [-0.05, 0) is 21.0 Å². The average molecular weight is 142 g/mol. The first-order valence-corrected chi connectivity index (χ1v) is 3.67. The quantitative estimate of drug-likeness (QED) is 0.569. The summed E-state index contributed by atoms with van der Waals surface area (Å²) in [5.74, 6) is 0. The predicted octanol–water partition coefficient (Wildman–Crippen LogP) is 0.712. The van der Waals surface area contributed by atoms with Gasteiger partial charge < -0.3 is 10.2 Å². The van der Waals surface area contributed by atoms with Gasteiger partial charge in [0, 0.05) is 19.1 Å². The zero-order valence-electron chi connectivity index (χ0n) is 7.22. The molecule has 2 heteroatoms. The van der Waals surface area contributed by atoms with E-state index in [1.807, 2.05) is 13.1 Å². The van der Waals surface area contributed by atoms with Gasteiger partial charge in [-0.15, -0.1) is 6.58 Å². The lowest BCUT2D eigenvalue weighted by Crippen LogP contribution is -2.35. The molecular weight excluding hydrogens is 124 g/mol. The van der Waals surface area contributed by atoms with Crippen LogP contribution in [-0.4, -0.2) is 38.1 Å². The van der Waals surface area contributed by atoms with Crippen molar-refractivity contribution in [2.45, 2.75) is 13.0 Å². The second-order valence-corrected chi connectivity index (χ2v) is 2.70. The Kier molecular flexibility index (Phi) is 5.26. The summed E-state index contributed by atoms with van der Waals surface area (Å²) in [5.41, 5.74) is 0. The van der Waals surface area contributed by atoms with E-state index in [0.29, 0.717) is 6.04 Å². The molecule has 0 heterocycles. The minimum Gasteiger partial charge on any atom is -0.316 e. The van der Waals surface area contributed by atoms with Crippen molar-refractivity contribution in [1.82, 2.24) is 10.2 Å². The van der Waals surface area contributed by atoms with Crippen LogP contribution >= 0.6 is 0 Å². The van der Waals surface area contributed by atoms with Crippen LogP contribution in [0.2, 0.25) is 0 Å². The van der Waals surface area contributed by atoms with E-state index in [2.05, 4.69) is 30.8 Å². The van der Waals surface area contributed by atoms with Gasteiger partial charge >= 0.3 is 0 Å². The number of rotatable bonds is 5.